The van der Waals surface area contributed by atoms with Crippen molar-refractivity contribution in [1.82, 2.24) is 19.8 Å². The number of hydrogen-bond donors (Lipinski definition) is 2. The topological polar surface area (TPSA) is 77.0 Å². The average Bonchev–Trinajstić information content (AvgIpc) is 2.61. The van der Waals surface area contributed by atoms with E-state index in [9.17, 15) is 21.6 Å². The fourth-order valence-corrected chi connectivity index (χ4v) is 4.35. The maximum atomic E-state index is 12.6. The van der Waals surface area contributed by atoms with E-state index in [0.717, 1.165) is 25.9 Å². The van der Waals surface area contributed by atoms with Crippen molar-refractivity contribution in [1.29, 1.82) is 0 Å². The molecule has 0 spiro atoms. The van der Waals surface area contributed by atoms with Crippen LogP contribution in [-0.2, 0) is 10.0 Å². The molecular formula is C16H30F3N5O2S. The third-order valence-electron chi connectivity index (χ3n) is 5.12. The summed E-state index contributed by atoms with van der Waals surface area (Å²) >= 11 is 0. The highest BCUT2D eigenvalue weighted by atomic mass is 32.2. The lowest BCUT2D eigenvalue weighted by Gasteiger charge is -2.32. The van der Waals surface area contributed by atoms with Crippen LogP contribution in [0.15, 0.2) is 4.99 Å². The van der Waals surface area contributed by atoms with Crippen LogP contribution in [0, 0.1) is 5.92 Å². The molecule has 0 bridgehead atoms. The fourth-order valence-electron chi connectivity index (χ4n) is 3.37. The monoisotopic (exact) mass is 413 g/mol. The van der Waals surface area contributed by atoms with Gasteiger partial charge in [-0.1, -0.05) is 0 Å². The Morgan fingerprint density at radius 2 is 1.70 bits per heavy atom. The largest absolute Gasteiger partial charge is 0.511 e. The third-order valence-corrected chi connectivity index (χ3v) is 6.75. The van der Waals surface area contributed by atoms with E-state index in [1.807, 2.05) is 6.92 Å². The van der Waals surface area contributed by atoms with E-state index < -0.39 is 15.5 Å². The minimum absolute atomic E-state index is 0.0972. The van der Waals surface area contributed by atoms with Gasteiger partial charge in [-0.05, 0) is 58.7 Å². The number of likely N-dealkylation sites (tertiary alicyclic amines) is 1. The fraction of sp³-hybridized carbons (Fsp3) is 0.938. The lowest BCUT2D eigenvalue weighted by molar-refractivity contribution is -0.0494. The molecule has 27 heavy (non-hydrogen) atoms. The Morgan fingerprint density at radius 1 is 1.11 bits per heavy atom. The number of nitrogens with zero attached hydrogens (tertiary/aromatic N) is 3. The van der Waals surface area contributed by atoms with E-state index in [0.29, 0.717) is 42.1 Å². The molecule has 0 aliphatic carbocycles. The van der Waals surface area contributed by atoms with E-state index in [-0.39, 0.29) is 19.1 Å². The molecule has 2 aliphatic heterocycles. The number of aliphatic imine (C=N–C) groups is 1. The summed E-state index contributed by atoms with van der Waals surface area (Å²) in [6.45, 7) is 5.19. The summed E-state index contributed by atoms with van der Waals surface area (Å²) in [6, 6.07) is -0.0972. The molecule has 0 atom stereocenters. The molecule has 2 aliphatic rings. The van der Waals surface area contributed by atoms with Crippen LogP contribution in [0.4, 0.5) is 13.2 Å². The van der Waals surface area contributed by atoms with Gasteiger partial charge in [0.25, 0.3) is 0 Å². The zero-order chi connectivity index (χ0) is 20.1. The quantitative estimate of drug-likeness (QED) is 0.523. The SMILES string of the molecule is CCNC(=NCC1CCN(C)CC1)NC1CCN(S(=O)(=O)C(F)(F)F)CC1. The second-order valence-electron chi connectivity index (χ2n) is 7.23. The van der Waals surface area contributed by atoms with Gasteiger partial charge in [0.05, 0.1) is 0 Å². The lowest BCUT2D eigenvalue weighted by Crippen LogP contribution is -2.51. The normalized spacial score (nSPS) is 22.8. The van der Waals surface area contributed by atoms with Crippen LogP contribution in [0.5, 0.6) is 0 Å². The van der Waals surface area contributed by atoms with Gasteiger partial charge in [0.2, 0.25) is 0 Å². The molecule has 0 radical (unpaired) electrons. The summed E-state index contributed by atoms with van der Waals surface area (Å²) in [5, 5.41) is 6.40. The Hall–Kier alpha value is -1.07. The van der Waals surface area contributed by atoms with Gasteiger partial charge in [-0.15, -0.1) is 0 Å². The summed E-state index contributed by atoms with van der Waals surface area (Å²) in [5.74, 6) is 1.18. The summed E-state index contributed by atoms with van der Waals surface area (Å²) < 4.78 is 61.4. The van der Waals surface area contributed by atoms with Crippen molar-refractivity contribution in [2.24, 2.45) is 10.9 Å². The number of rotatable bonds is 5. The van der Waals surface area contributed by atoms with E-state index in [2.05, 4.69) is 27.6 Å². The Bertz CT molecular complexity index is 596. The van der Waals surface area contributed by atoms with E-state index in [1.54, 1.807) is 0 Å². The van der Waals surface area contributed by atoms with Crippen molar-refractivity contribution in [3.8, 4) is 0 Å². The van der Waals surface area contributed by atoms with Crippen molar-refractivity contribution in [2.75, 3.05) is 46.3 Å². The highest BCUT2D eigenvalue weighted by Gasteiger charge is 2.50. The van der Waals surface area contributed by atoms with Gasteiger partial charge in [0.1, 0.15) is 0 Å². The number of nitrogens with one attached hydrogen (secondary N) is 2. The van der Waals surface area contributed by atoms with Gasteiger partial charge < -0.3 is 15.5 Å². The van der Waals surface area contributed by atoms with Crippen LogP contribution >= 0.6 is 0 Å². The lowest BCUT2D eigenvalue weighted by atomic mass is 9.97. The maximum Gasteiger partial charge on any atom is 0.511 e. The molecule has 2 rings (SSSR count). The Labute approximate surface area is 159 Å². The first-order chi connectivity index (χ1) is 12.6. The Morgan fingerprint density at radius 3 is 2.22 bits per heavy atom. The molecule has 2 heterocycles. The van der Waals surface area contributed by atoms with Gasteiger partial charge in [-0.2, -0.15) is 17.5 Å². The van der Waals surface area contributed by atoms with Gasteiger partial charge in [-0.3, -0.25) is 4.99 Å². The van der Waals surface area contributed by atoms with Crippen LogP contribution in [-0.4, -0.2) is 81.4 Å². The maximum absolute atomic E-state index is 12.6. The van der Waals surface area contributed by atoms with Crippen LogP contribution in [0.25, 0.3) is 0 Å². The number of alkyl halides is 3. The molecule has 0 aromatic heterocycles. The predicted octanol–water partition coefficient (Wildman–Crippen LogP) is 1.20. The van der Waals surface area contributed by atoms with Gasteiger partial charge in [0, 0.05) is 32.2 Å². The minimum atomic E-state index is -5.24. The van der Waals surface area contributed by atoms with Gasteiger partial charge in [-0.25, -0.2) is 8.42 Å². The molecule has 2 saturated heterocycles. The average molecular weight is 414 g/mol. The molecule has 2 N–H and O–H groups in total. The molecule has 2 fully saturated rings. The summed E-state index contributed by atoms with van der Waals surface area (Å²) in [4.78, 5) is 6.93. The van der Waals surface area contributed by atoms with Crippen molar-refractivity contribution >= 4 is 16.0 Å². The molecule has 158 valence electrons. The molecular weight excluding hydrogens is 383 g/mol. The molecule has 7 nitrogen and oxygen atoms in total. The van der Waals surface area contributed by atoms with Crippen LogP contribution < -0.4 is 10.6 Å². The Balaban J connectivity index is 1.86. The van der Waals surface area contributed by atoms with Crippen LogP contribution in [0.1, 0.15) is 32.6 Å². The minimum Gasteiger partial charge on any atom is -0.357 e. The molecule has 0 aromatic carbocycles. The first-order valence-corrected chi connectivity index (χ1v) is 10.9. The van der Waals surface area contributed by atoms with E-state index >= 15 is 0 Å². The zero-order valence-corrected chi connectivity index (χ0v) is 16.7. The highest BCUT2D eigenvalue weighted by molar-refractivity contribution is 7.90. The van der Waals surface area contributed by atoms with E-state index in [1.165, 1.54) is 0 Å². The van der Waals surface area contributed by atoms with Crippen LogP contribution in [0.3, 0.4) is 0 Å². The molecule has 0 amide bonds. The Kier molecular flexibility index (Phi) is 7.75. The van der Waals surface area contributed by atoms with E-state index in [4.69, 9.17) is 0 Å². The number of hydrogen-bond acceptors (Lipinski definition) is 4. The predicted molar refractivity (Wildman–Crippen MR) is 98.9 cm³/mol. The number of sulfonamides is 1. The number of piperidine rings is 2. The van der Waals surface area contributed by atoms with Crippen molar-refractivity contribution in [3.05, 3.63) is 0 Å². The number of halogens is 3. The molecule has 11 heteroatoms. The first kappa shape index (κ1) is 22.2. The zero-order valence-electron chi connectivity index (χ0n) is 15.9. The summed E-state index contributed by atoms with van der Waals surface area (Å²) in [6.07, 6.45) is 2.84. The van der Waals surface area contributed by atoms with Crippen LogP contribution in [0.2, 0.25) is 0 Å². The third kappa shape index (κ3) is 6.21. The van der Waals surface area contributed by atoms with Gasteiger partial charge >= 0.3 is 15.5 Å². The van der Waals surface area contributed by atoms with Crippen molar-refractivity contribution < 1.29 is 21.6 Å². The van der Waals surface area contributed by atoms with Crippen molar-refractivity contribution in [2.45, 2.75) is 44.2 Å². The first-order valence-electron chi connectivity index (χ1n) is 9.43. The highest BCUT2D eigenvalue weighted by Crippen LogP contribution is 2.28. The molecule has 0 saturated carbocycles. The molecule has 0 aromatic rings. The molecule has 0 unspecified atom stereocenters. The summed E-state index contributed by atoms with van der Waals surface area (Å²) in [7, 11) is -3.13. The summed E-state index contributed by atoms with van der Waals surface area (Å²) in [5.41, 5.74) is -5.24. The second kappa shape index (κ2) is 9.42. The van der Waals surface area contributed by atoms with Gasteiger partial charge in [0.15, 0.2) is 5.96 Å². The smallest absolute Gasteiger partial charge is 0.357 e. The number of guanidine groups is 1. The second-order valence-corrected chi connectivity index (χ2v) is 9.16. The van der Waals surface area contributed by atoms with Crippen molar-refractivity contribution in [3.63, 3.8) is 0 Å². The standard InChI is InChI=1S/C16H30F3N5O2S/c1-3-20-15(21-12-13-4-8-23(2)9-5-13)22-14-6-10-24(11-7-14)27(25,26)16(17,18)19/h13-14H,3-12H2,1-2H3,(H2,20,21,22).